The Bertz CT molecular complexity index is 446. The normalized spacial score (nSPS) is 27.8. The van der Waals surface area contributed by atoms with E-state index in [0.717, 1.165) is 50.5 Å². The van der Waals surface area contributed by atoms with Crippen molar-refractivity contribution in [1.29, 1.82) is 0 Å². The first kappa shape index (κ1) is 13.6. The number of nitrogens with zero attached hydrogens (tertiary/aromatic N) is 2. The van der Waals surface area contributed by atoms with Crippen LogP contribution >= 0.6 is 0 Å². The van der Waals surface area contributed by atoms with Gasteiger partial charge in [0.15, 0.2) is 5.82 Å². The third kappa shape index (κ3) is 2.88. The van der Waals surface area contributed by atoms with Gasteiger partial charge in [0, 0.05) is 25.9 Å². The maximum atomic E-state index is 9.63. The van der Waals surface area contributed by atoms with Crippen LogP contribution in [0.15, 0.2) is 18.3 Å². The molecule has 0 radical (unpaired) electrons. The van der Waals surface area contributed by atoms with E-state index in [1.807, 2.05) is 12.3 Å². The van der Waals surface area contributed by atoms with Crippen LogP contribution in [0.1, 0.15) is 26.2 Å². The van der Waals surface area contributed by atoms with E-state index in [4.69, 9.17) is 4.74 Å². The van der Waals surface area contributed by atoms with Crippen LogP contribution in [0.3, 0.4) is 0 Å². The van der Waals surface area contributed by atoms with Gasteiger partial charge in [-0.3, -0.25) is 0 Å². The monoisotopic (exact) mass is 277 g/mol. The molecule has 2 aliphatic heterocycles. The van der Waals surface area contributed by atoms with Crippen molar-refractivity contribution in [1.82, 2.24) is 4.98 Å². The molecule has 0 amide bonds. The molecule has 1 aromatic heterocycles. The first-order valence-corrected chi connectivity index (χ1v) is 7.50. The zero-order valence-corrected chi connectivity index (χ0v) is 12.0. The van der Waals surface area contributed by atoms with E-state index in [0.29, 0.717) is 6.04 Å². The second-order valence-electron chi connectivity index (χ2n) is 5.71. The quantitative estimate of drug-likeness (QED) is 0.879. The Morgan fingerprint density at radius 1 is 1.35 bits per heavy atom. The molecule has 0 aliphatic carbocycles. The number of hydrogen-bond acceptors (Lipinski definition) is 5. The lowest BCUT2D eigenvalue weighted by Crippen LogP contribution is -2.37. The maximum absolute atomic E-state index is 9.63. The smallest absolute Gasteiger partial charge is 0.151 e. The predicted octanol–water partition coefficient (Wildman–Crippen LogP) is 1.63. The molecule has 0 saturated carbocycles. The Morgan fingerprint density at radius 2 is 2.15 bits per heavy atom. The molecule has 5 heteroatoms. The molecule has 0 bridgehead atoms. The summed E-state index contributed by atoms with van der Waals surface area (Å²) in [5, 5.41) is 13.2. The zero-order chi connectivity index (χ0) is 13.9. The number of hydrogen-bond donors (Lipinski definition) is 2. The van der Waals surface area contributed by atoms with Crippen LogP contribution in [0, 0.1) is 0 Å². The molecule has 0 unspecified atom stereocenters. The van der Waals surface area contributed by atoms with Crippen molar-refractivity contribution in [2.24, 2.45) is 0 Å². The van der Waals surface area contributed by atoms with E-state index in [-0.39, 0.29) is 12.2 Å². The molecule has 2 fully saturated rings. The number of anilines is 2. The minimum Gasteiger partial charge on any atom is -0.393 e. The summed E-state index contributed by atoms with van der Waals surface area (Å²) in [5.74, 6) is 0.999. The van der Waals surface area contributed by atoms with Gasteiger partial charge < -0.3 is 20.1 Å². The summed E-state index contributed by atoms with van der Waals surface area (Å²) >= 11 is 0. The molecule has 3 rings (SSSR count). The SMILES string of the molecule is C[C@@H]1OCC[C@H]1Nc1cccnc1N1CCC(O)CC1. The average molecular weight is 277 g/mol. The van der Waals surface area contributed by atoms with Gasteiger partial charge in [-0.15, -0.1) is 0 Å². The Morgan fingerprint density at radius 3 is 2.85 bits per heavy atom. The van der Waals surface area contributed by atoms with Crippen molar-refractivity contribution >= 4 is 11.5 Å². The van der Waals surface area contributed by atoms with E-state index in [1.165, 1.54) is 0 Å². The molecule has 5 nitrogen and oxygen atoms in total. The molecule has 2 atom stereocenters. The lowest BCUT2D eigenvalue weighted by molar-refractivity contribution is 0.121. The summed E-state index contributed by atoms with van der Waals surface area (Å²) in [7, 11) is 0. The van der Waals surface area contributed by atoms with Gasteiger partial charge in [-0.1, -0.05) is 0 Å². The van der Waals surface area contributed by atoms with Crippen molar-refractivity contribution in [2.45, 2.75) is 44.4 Å². The van der Waals surface area contributed by atoms with Crippen molar-refractivity contribution in [2.75, 3.05) is 29.9 Å². The number of piperidine rings is 1. The number of ether oxygens (including phenoxy) is 1. The van der Waals surface area contributed by atoms with E-state index in [1.54, 1.807) is 0 Å². The van der Waals surface area contributed by atoms with Gasteiger partial charge in [-0.2, -0.15) is 0 Å². The first-order chi connectivity index (χ1) is 9.74. The number of aromatic nitrogens is 1. The highest BCUT2D eigenvalue weighted by Crippen LogP contribution is 2.28. The first-order valence-electron chi connectivity index (χ1n) is 7.50. The number of rotatable bonds is 3. The standard InChI is InChI=1S/C15H23N3O2/c1-11-13(6-10-20-11)17-14-3-2-7-16-15(14)18-8-4-12(19)5-9-18/h2-3,7,11-13,17,19H,4-6,8-10H2,1H3/t11-,13+/m0/s1. The predicted molar refractivity (Wildman–Crippen MR) is 79.1 cm³/mol. The Balaban J connectivity index is 1.74. The maximum Gasteiger partial charge on any atom is 0.151 e. The summed E-state index contributed by atoms with van der Waals surface area (Å²) in [6.07, 6.45) is 4.59. The minimum absolute atomic E-state index is 0.158. The van der Waals surface area contributed by atoms with Crippen LogP contribution in [0.2, 0.25) is 0 Å². The highest BCUT2D eigenvalue weighted by Gasteiger charge is 2.26. The molecule has 1 aromatic rings. The van der Waals surface area contributed by atoms with Crippen LogP contribution in [0.25, 0.3) is 0 Å². The fourth-order valence-electron chi connectivity index (χ4n) is 2.96. The van der Waals surface area contributed by atoms with E-state index in [2.05, 4.69) is 28.2 Å². The van der Waals surface area contributed by atoms with Crippen LogP contribution in [-0.4, -0.2) is 48.0 Å². The van der Waals surface area contributed by atoms with Gasteiger partial charge in [-0.25, -0.2) is 4.98 Å². The highest BCUT2D eigenvalue weighted by molar-refractivity contribution is 5.66. The topological polar surface area (TPSA) is 57.6 Å². The fraction of sp³-hybridized carbons (Fsp3) is 0.667. The van der Waals surface area contributed by atoms with Crippen LogP contribution in [0.5, 0.6) is 0 Å². The summed E-state index contributed by atoms with van der Waals surface area (Å²) in [6.45, 7) is 4.66. The Kier molecular flexibility index (Phi) is 4.08. The average Bonchev–Trinajstić information content (AvgIpc) is 2.86. The number of nitrogens with one attached hydrogen (secondary N) is 1. The zero-order valence-electron chi connectivity index (χ0n) is 12.0. The van der Waals surface area contributed by atoms with Crippen molar-refractivity contribution in [3.05, 3.63) is 18.3 Å². The van der Waals surface area contributed by atoms with Gasteiger partial charge in [0.2, 0.25) is 0 Å². The van der Waals surface area contributed by atoms with E-state index in [9.17, 15) is 5.11 Å². The minimum atomic E-state index is -0.158. The van der Waals surface area contributed by atoms with Gasteiger partial charge in [0.25, 0.3) is 0 Å². The van der Waals surface area contributed by atoms with E-state index < -0.39 is 0 Å². The van der Waals surface area contributed by atoms with Crippen LogP contribution in [-0.2, 0) is 4.74 Å². The summed E-state index contributed by atoms with van der Waals surface area (Å²) in [4.78, 5) is 6.79. The van der Waals surface area contributed by atoms with Gasteiger partial charge in [0.1, 0.15) is 0 Å². The van der Waals surface area contributed by atoms with Crippen LogP contribution in [0.4, 0.5) is 11.5 Å². The third-order valence-electron chi connectivity index (χ3n) is 4.27. The van der Waals surface area contributed by atoms with Crippen molar-refractivity contribution in [3.63, 3.8) is 0 Å². The summed E-state index contributed by atoms with van der Waals surface area (Å²) in [6, 6.07) is 4.40. The number of pyridine rings is 1. The third-order valence-corrected chi connectivity index (χ3v) is 4.27. The Hall–Kier alpha value is -1.33. The van der Waals surface area contributed by atoms with Gasteiger partial charge in [-0.05, 0) is 38.3 Å². The second-order valence-corrected chi connectivity index (χ2v) is 5.71. The summed E-state index contributed by atoms with van der Waals surface area (Å²) < 4.78 is 5.61. The van der Waals surface area contributed by atoms with Crippen molar-refractivity contribution in [3.8, 4) is 0 Å². The molecule has 2 aliphatic rings. The fourth-order valence-corrected chi connectivity index (χ4v) is 2.96. The molecule has 2 saturated heterocycles. The molecule has 110 valence electrons. The second kappa shape index (κ2) is 5.97. The summed E-state index contributed by atoms with van der Waals surface area (Å²) in [5.41, 5.74) is 1.08. The molecular weight excluding hydrogens is 254 g/mol. The molecule has 0 aromatic carbocycles. The van der Waals surface area contributed by atoms with Gasteiger partial charge >= 0.3 is 0 Å². The lowest BCUT2D eigenvalue weighted by atomic mass is 10.1. The van der Waals surface area contributed by atoms with Crippen LogP contribution < -0.4 is 10.2 Å². The molecular formula is C15H23N3O2. The number of aliphatic hydroxyl groups excluding tert-OH is 1. The molecule has 2 N–H and O–H groups in total. The Labute approximate surface area is 120 Å². The largest absolute Gasteiger partial charge is 0.393 e. The lowest BCUT2D eigenvalue weighted by Gasteiger charge is -2.32. The molecule has 20 heavy (non-hydrogen) atoms. The van der Waals surface area contributed by atoms with Crippen molar-refractivity contribution < 1.29 is 9.84 Å². The van der Waals surface area contributed by atoms with E-state index >= 15 is 0 Å². The molecule has 3 heterocycles. The number of aliphatic hydroxyl groups is 1. The molecule has 0 spiro atoms. The highest BCUT2D eigenvalue weighted by atomic mass is 16.5. The van der Waals surface area contributed by atoms with Gasteiger partial charge in [0.05, 0.1) is 23.9 Å².